The second-order valence-corrected chi connectivity index (χ2v) is 9.33. The third-order valence-corrected chi connectivity index (χ3v) is 7.61. The van der Waals surface area contributed by atoms with Gasteiger partial charge in [0.05, 0.1) is 49.8 Å². The van der Waals surface area contributed by atoms with Crippen LogP contribution < -0.4 is 4.74 Å². The fraction of sp³-hybridized carbons (Fsp3) is 0.560. The van der Waals surface area contributed by atoms with E-state index in [0.29, 0.717) is 29.3 Å². The van der Waals surface area contributed by atoms with Crippen LogP contribution in [-0.4, -0.2) is 50.3 Å². The summed E-state index contributed by atoms with van der Waals surface area (Å²) in [6.07, 6.45) is -0.841. The molecule has 3 heterocycles. The van der Waals surface area contributed by atoms with Gasteiger partial charge in [0.15, 0.2) is 0 Å². The van der Waals surface area contributed by atoms with Gasteiger partial charge in [0.25, 0.3) is 0 Å². The summed E-state index contributed by atoms with van der Waals surface area (Å²) in [4.78, 5) is 18.3. The number of halogens is 3. The number of H-pyrrole nitrogens is 1. The van der Waals surface area contributed by atoms with Crippen LogP contribution in [0.5, 0.6) is 5.75 Å². The van der Waals surface area contributed by atoms with E-state index >= 15 is 0 Å². The molecule has 2 aliphatic heterocycles. The predicted molar refractivity (Wildman–Crippen MR) is 121 cm³/mol. The zero-order valence-electron chi connectivity index (χ0n) is 20.1. The lowest BCUT2D eigenvalue weighted by Gasteiger charge is -2.53. The minimum Gasteiger partial charge on any atom is -0.504 e. The van der Waals surface area contributed by atoms with Crippen LogP contribution in [0.4, 0.5) is 13.2 Å². The Bertz CT molecular complexity index is 1120. The molecule has 6 nitrogen and oxygen atoms in total. The molecular weight excluding hydrogens is 449 g/mol. The van der Waals surface area contributed by atoms with Crippen molar-refractivity contribution in [1.29, 1.82) is 0 Å². The van der Waals surface area contributed by atoms with E-state index in [1.807, 2.05) is 0 Å². The average Bonchev–Trinajstić information content (AvgIpc) is 3.20. The monoisotopic (exact) mass is 480 g/mol. The second-order valence-electron chi connectivity index (χ2n) is 9.33. The highest BCUT2D eigenvalue weighted by Crippen LogP contribution is 2.51. The van der Waals surface area contributed by atoms with Gasteiger partial charge in [-0.3, -0.25) is 4.90 Å². The van der Waals surface area contributed by atoms with Crippen LogP contribution in [0.1, 0.15) is 43.5 Å². The van der Waals surface area contributed by atoms with Crippen molar-refractivity contribution in [1.82, 2.24) is 9.88 Å². The second kappa shape index (κ2) is 8.83. The molecule has 0 amide bonds. The average molecular weight is 481 g/mol. The molecule has 1 fully saturated rings. The molecule has 4 rings (SSSR count). The first-order chi connectivity index (χ1) is 16.1. The normalized spacial score (nSPS) is 25.6. The minimum absolute atomic E-state index is 0.122. The number of ether oxygens (including phenoxy) is 3. The summed E-state index contributed by atoms with van der Waals surface area (Å²) in [7, 11) is 4.25. The van der Waals surface area contributed by atoms with Crippen LogP contribution in [-0.2, 0) is 32.4 Å². The third kappa shape index (κ3) is 3.83. The zero-order valence-corrected chi connectivity index (χ0v) is 20.1. The van der Waals surface area contributed by atoms with Gasteiger partial charge in [-0.05, 0) is 43.4 Å². The molecule has 0 radical (unpaired) electrons. The number of hydrogen-bond acceptors (Lipinski definition) is 5. The molecule has 34 heavy (non-hydrogen) atoms. The molecule has 2 aromatic rings. The highest BCUT2D eigenvalue weighted by molar-refractivity contribution is 5.92. The SMILES string of the molecule is CCC1CN2CCc3c([nH]c4cc(C(F)(F)F)cc(OC)c34)C2(C)CC1/C(=C\OC)C(=O)OC. The highest BCUT2D eigenvalue weighted by Gasteiger charge is 2.50. The largest absolute Gasteiger partial charge is 0.504 e. The number of carbonyl (C=O) groups is 1. The summed E-state index contributed by atoms with van der Waals surface area (Å²) in [6, 6.07) is 2.22. The van der Waals surface area contributed by atoms with Gasteiger partial charge in [0.2, 0.25) is 0 Å². The molecular formula is C25H31F3N2O4. The molecule has 2 aliphatic rings. The summed E-state index contributed by atoms with van der Waals surface area (Å²) in [5.41, 5.74) is 1.50. The predicted octanol–water partition coefficient (Wildman–Crippen LogP) is 5.02. The van der Waals surface area contributed by atoms with E-state index in [2.05, 4.69) is 23.7 Å². The summed E-state index contributed by atoms with van der Waals surface area (Å²) in [5, 5.41) is 0.696. The van der Waals surface area contributed by atoms with Crippen molar-refractivity contribution in [2.24, 2.45) is 11.8 Å². The van der Waals surface area contributed by atoms with Crippen LogP contribution in [0, 0.1) is 11.8 Å². The third-order valence-electron chi connectivity index (χ3n) is 7.61. The molecule has 0 bridgehead atoms. The molecule has 3 unspecified atom stereocenters. The smallest absolute Gasteiger partial charge is 0.416 e. The van der Waals surface area contributed by atoms with Gasteiger partial charge in [-0.2, -0.15) is 13.2 Å². The minimum atomic E-state index is -4.48. The number of nitrogens with one attached hydrogen (secondary N) is 1. The number of rotatable bonds is 5. The number of alkyl halides is 3. The summed E-state index contributed by atoms with van der Waals surface area (Å²) in [5.74, 6) is -0.117. The standard InChI is InChI=1S/C25H31F3N2O4/c1-6-14-12-30-8-7-16-21-19(9-15(25(26,27)28)10-20(21)33-4)29-22(16)24(30,2)11-17(14)18(13-32-3)23(31)34-5/h9-10,13-14,17,29H,6-8,11-12H2,1-5H3/b18-13+. The van der Waals surface area contributed by atoms with E-state index in [-0.39, 0.29) is 17.6 Å². The first-order valence-electron chi connectivity index (χ1n) is 11.5. The number of esters is 1. The number of nitrogens with zero attached hydrogens (tertiary/aromatic N) is 1. The molecule has 1 N–H and O–H groups in total. The van der Waals surface area contributed by atoms with Gasteiger partial charge in [0.1, 0.15) is 5.75 Å². The van der Waals surface area contributed by atoms with Crippen molar-refractivity contribution < 1.29 is 32.2 Å². The van der Waals surface area contributed by atoms with Gasteiger partial charge < -0.3 is 19.2 Å². The van der Waals surface area contributed by atoms with Crippen molar-refractivity contribution >= 4 is 16.9 Å². The number of aromatic amines is 1. The Hall–Kier alpha value is -2.68. The number of hydrogen-bond donors (Lipinski definition) is 1. The quantitative estimate of drug-likeness (QED) is 0.370. The number of carbonyl (C=O) groups excluding carboxylic acids is 1. The zero-order chi connectivity index (χ0) is 24.8. The fourth-order valence-electron chi connectivity index (χ4n) is 5.88. The number of benzene rings is 1. The summed E-state index contributed by atoms with van der Waals surface area (Å²) < 4.78 is 56.2. The lowest BCUT2D eigenvalue weighted by molar-refractivity contribution is -0.138. The highest BCUT2D eigenvalue weighted by atomic mass is 19.4. The molecule has 1 saturated heterocycles. The number of methoxy groups -OCH3 is 3. The molecule has 1 aromatic carbocycles. The molecule has 0 spiro atoms. The van der Waals surface area contributed by atoms with Gasteiger partial charge >= 0.3 is 12.1 Å². The van der Waals surface area contributed by atoms with Crippen LogP contribution in [0.15, 0.2) is 24.0 Å². The van der Waals surface area contributed by atoms with Crippen molar-refractivity contribution in [2.75, 3.05) is 34.4 Å². The maximum absolute atomic E-state index is 13.5. The first kappa shape index (κ1) is 24.4. The maximum Gasteiger partial charge on any atom is 0.416 e. The van der Waals surface area contributed by atoms with E-state index in [4.69, 9.17) is 14.2 Å². The van der Waals surface area contributed by atoms with Crippen molar-refractivity contribution in [3.05, 3.63) is 40.8 Å². The first-order valence-corrected chi connectivity index (χ1v) is 11.5. The molecule has 0 saturated carbocycles. The van der Waals surface area contributed by atoms with Crippen LogP contribution in [0.25, 0.3) is 10.9 Å². The number of aromatic nitrogens is 1. The lowest BCUT2D eigenvalue weighted by atomic mass is 9.68. The topological polar surface area (TPSA) is 63.8 Å². The van der Waals surface area contributed by atoms with E-state index in [1.165, 1.54) is 27.6 Å². The lowest BCUT2D eigenvalue weighted by Crippen LogP contribution is -2.56. The molecule has 3 atom stereocenters. The van der Waals surface area contributed by atoms with Crippen molar-refractivity contribution in [3.8, 4) is 5.75 Å². The van der Waals surface area contributed by atoms with Crippen molar-refractivity contribution in [2.45, 2.75) is 44.8 Å². The molecule has 9 heteroatoms. The van der Waals surface area contributed by atoms with Crippen LogP contribution >= 0.6 is 0 Å². The van der Waals surface area contributed by atoms with E-state index in [9.17, 15) is 18.0 Å². The van der Waals surface area contributed by atoms with Gasteiger partial charge in [-0.25, -0.2) is 4.79 Å². The molecule has 0 aliphatic carbocycles. The Morgan fingerprint density at radius 3 is 2.62 bits per heavy atom. The number of piperidine rings is 1. The van der Waals surface area contributed by atoms with Gasteiger partial charge in [0, 0.05) is 30.1 Å². The van der Waals surface area contributed by atoms with Gasteiger partial charge in [-0.1, -0.05) is 13.3 Å². The van der Waals surface area contributed by atoms with Gasteiger partial charge in [-0.15, -0.1) is 0 Å². The Kier molecular flexibility index (Phi) is 6.35. The van der Waals surface area contributed by atoms with E-state index < -0.39 is 23.2 Å². The number of fused-ring (bicyclic) bond motifs is 5. The van der Waals surface area contributed by atoms with Crippen LogP contribution in [0.2, 0.25) is 0 Å². The molecule has 1 aromatic heterocycles. The maximum atomic E-state index is 13.5. The van der Waals surface area contributed by atoms with E-state index in [1.54, 1.807) is 0 Å². The summed E-state index contributed by atoms with van der Waals surface area (Å²) >= 11 is 0. The summed E-state index contributed by atoms with van der Waals surface area (Å²) in [6.45, 7) is 5.73. The Balaban J connectivity index is 1.86. The van der Waals surface area contributed by atoms with Crippen molar-refractivity contribution in [3.63, 3.8) is 0 Å². The fourth-order valence-corrected chi connectivity index (χ4v) is 5.88. The Morgan fingerprint density at radius 2 is 2.03 bits per heavy atom. The Morgan fingerprint density at radius 1 is 1.29 bits per heavy atom. The Labute approximate surface area is 197 Å². The van der Waals surface area contributed by atoms with Crippen LogP contribution in [0.3, 0.4) is 0 Å². The van der Waals surface area contributed by atoms with E-state index in [0.717, 1.165) is 42.9 Å². The molecule has 186 valence electrons.